The molecule has 4 rings (SSSR count). The number of pyridine rings is 1. The zero-order valence-electron chi connectivity index (χ0n) is 18.6. The molecule has 6 nitrogen and oxygen atoms in total. The van der Waals surface area contributed by atoms with Crippen LogP contribution in [0.2, 0.25) is 0 Å². The Hall–Kier alpha value is -2.83. The number of nitrogens with zero attached hydrogens (tertiary/aromatic N) is 1. The van der Waals surface area contributed by atoms with Crippen LogP contribution < -0.4 is 23.7 Å². The third-order valence-corrected chi connectivity index (χ3v) is 5.05. The summed E-state index contributed by atoms with van der Waals surface area (Å²) in [5.41, 5.74) is 0.851. The number of aromatic nitrogens is 1. The highest BCUT2D eigenvalue weighted by Gasteiger charge is 2.17. The minimum Gasteiger partial charge on any atom is -0.493 e. The van der Waals surface area contributed by atoms with Gasteiger partial charge in [0.05, 0.1) is 45.9 Å². The highest BCUT2D eigenvalue weighted by molar-refractivity contribution is 6.40. The van der Waals surface area contributed by atoms with E-state index < -0.39 is 0 Å². The molecule has 0 atom stereocenters. The van der Waals surface area contributed by atoms with Crippen LogP contribution in [0.3, 0.4) is 0 Å². The smallest absolute Gasteiger partial charge is 0.161 e. The van der Waals surface area contributed by atoms with Gasteiger partial charge in [-0.1, -0.05) is 0 Å². The Morgan fingerprint density at radius 1 is 0.656 bits per heavy atom. The van der Waals surface area contributed by atoms with E-state index in [0.29, 0.717) is 29.6 Å². The van der Waals surface area contributed by atoms with Gasteiger partial charge in [0.1, 0.15) is 5.75 Å². The van der Waals surface area contributed by atoms with Crippen LogP contribution in [0.15, 0.2) is 36.5 Å². The second kappa shape index (κ2) is 10.7. The standard InChI is InChI=1S/C23H23NO5.CH2Cl2/c1-6-29-18-10-16-14-8-20(26-3)19(25-2)7-13(14)12-24-23(16)17-11-22(28-5)21(27-4)9-15(17)18;2-1-3/h7-12H,6H2,1-5H3;1H2. The molecule has 1 aromatic heterocycles. The summed E-state index contributed by atoms with van der Waals surface area (Å²) in [4.78, 5) is 4.75. The second-order valence-corrected chi connectivity index (χ2v) is 7.42. The van der Waals surface area contributed by atoms with Crippen LogP contribution in [0, 0.1) is 0 Å². The molecule has 0 bridgehead atoms. The van der Waals surface area contributed by atoms with Gasteiger partial charge in [0.25, 0.3) is 0 Å². The van der Waals surface area contributed by atoms with Crippen molar-refractivity contribution in [2.75, 3.05) is 40.4 Å². The van der Waals surface area contributed by atoms with E-state index in [0.717, 1.165) is 38.2 Å². The molecule has 0 fully saturated rings. The zero-order valence-corrected chi connectivity index (χ0v) is 20.1. The summed E-state index contributed by atoms with van der Waals surface area (Å²) in [5, 5.41) is 4.97. The van der Waals surface area contributed by atoms with Crippen molar-refractivity contribution >= 4 is 55.6 Å². The minimum absolute atomic E-state index is 0.194. The van der Waals surface area contributed by atoms with Gasteiger partial charge in [-0.3, -0.25) is 4.98 Å². The second-order valence-electron chi connectivity index (χ2n) is 6.61. The molecule has 0 aliphatic carbocycles. The summed E-state index contributed by atoms with van der Waals surface area (Å²) in [5.74, 6) is 3.38. The summed E-state index contributed by atoms with van der Waals surface area (Å²) in [6.45, 7) is 2.51. The van der Waals surface area contributed by atoms with E-state index >= 15 is 0 Å². The fourth-order valence-corrected chi connectivity index (χ4v) is 3.69. The van der Waals surface area contributed by atoms with Gasteiger partial charge >= 0.3 is 0 Å². The van der Waals surface area contributed by atoms with Gasteiger partial charge in [-0.25, -0.2) is 0 Å². The average Bonchev–Trinajstić information content (AvgIpc) is 2.82. The molecule has 0 spiro atoms. The first-order chi connectivity index (χ1) is 15.6. The van der Waals surface area contributed by atoms with Crippen molar-refractivity contribution in [2.45, 2.75) is 6.92 Å². The fourth-order valence-electron chi connectivity index (χ4n) is 3.69. The normalized spacial score (nSPS) is 10.6. The lowest BCUT2D eigenvalue weighted by atomic mass is 9.99. The van der Waals surface area contributed by atoms with Gasteiger partial charge in [-0.2, -0.15) is 0 Å². The number of rotatable bonds is 6. The van der Waals surface area contributed by atoms with E-state index in [-0.39, 0.29) is 5.34 Å². The van der Waals surface area contributed by atoms with Crippen molar-refractivity contribution in [1.29, 1.82) is 0 Å². The molecule has 0 aliphatic heterocycles. The predicted molar refractivity (Wildman–Crippen MR) is 131 cm³/mol. The summed E-state index contributed by atoms with van der Waals surface area (Å²) in [6, 6.07) is 9.80. The first-order valence-electron chi connectivity index (χ1n) is 9.84. The molecule has 3 aromatic carbocycles. The van der Waals surface area contributed by atoms with Crippen molar-refractivity contribution in [2.24, 2.45) is 0 Å². The van der Waals surface area contributed by atoms with Crippen LogP contribution in [0.1, 0.15) is 6.92 Å². The van der Waals surface area contributed by atoms with Crippen LogP contribution in [-0.2, 0) is 0 Å². The van der Waals surface area contributed by atoms with Crippen LogP contribution in [-0.4, -0.2) is 45.4 Å². The van der Waals surface area contributed by atoms with Gasteiger partial charge < -0.3 is 23.7 Å². The van der Waals surface area contributed by atoms with Crippen LogP contribution >= 0.6 is 23.2 Å². The third kappa shape index (κ3) is 4.38. The maximum absolute atomic E-state index is 5.97. The molecular formula is C24H25Cl2NO5. The molecule has 32 heavy (non-hydrogen) atoms. The molecule has 0 aliphatic rings. The zero-order chi connectivity index (χ0) is 23.3. The van der Waals surface area contributed by atoms with Gasteiger partial charge in [-0.15, -0.1) is 23.2 Å². The number of benzene rings is 3. The fraction of sp³-hybridized carbons (Fsp3) is 0.292. The molecule has 0 radical (unpaired) electrons. The summed E-state index contributed by atoms with van der Waals surface area (Å²) < 4.78 is 27.9. The molecule has 0 unspecified atom stereocenters. The largest absolute Gasteiger partial charge is 0.493 e. The van der Waals surface area contributed by atoms with Crippen LogP contribution in [0.25, 0.3) is 32.4 Å². The number of fused-ring (bicyclic) bond motifs is 5. The SMILES string of the molecule is CCOc1cc2c3cc(OC)c(OC)cc3cnc2c2cc(OC)c(OC)cc12.ClCCl. The monoisotopic (exact) mass is 477 g/mol. The molecule has 1 heterocycles. The van der Waals surface area contributed by atoms with Crippen molar-refractivity contribution in [3.63, 3.8) is 0 Å². The minimum atomic E-state index is 0.194. The molecule has 4 aromatic rings. The lowest BCUT2D eigenvalue weighted by Crippen LogP contribution is -1.97. The summed E-state index contributed by atoms with van der Waals surface area (Å²) in [6.07, 6.45) is 1.84. The maximum Gasteiger partial charge on any atom is 0.161 e. The van der Waals surface area contributed by atoms with Crippen molar-refractivity contribution in [3.8, 4) is 28.7 Å². The van der Waals surface area contributed by atoms with E-state index in [1.165, 1.54) is 0 Å². The maximum atomic E-state index is 5.97. The Bertz CT molecular complexity index is 1250. The Labute approximate surface area is 196 Å². The number of ether oxygens (including phenoxy) is 5. The first-order valence-corrected chi connectivity index (χ1v) is 10.9. The van der Waals surface area contributed by atoms with E-state index in [1.54, 1.807) is 28.4 Å². The summed E-state index contributed by atoms with van der Waals surface area (Å²) in [7, 11) is 6.50. The number of alkyl halides is 2. The van der Waals surface area contributed by atoms with Crippen molar-refractivity contribution in [1.82, 2.24) is 4.98 Å². The van der Waals surface area contributed by atoms with E-state index in [9.17, 15) is 0 Å². The molecule has 0 saturated heterocycles. The molecule has 8 heteroatoms. The number of hydrogen-bond donors (Lipinski definition) is 0. The molecule has 0 N–H and O–H groups in total. The van der Waals surface area contributed by atoms with Gasteiger partial charge in [0.15, 0.2) is 23.0 Å². The molecule has 170 valence electrons. The highest BCUT2D eigenvalue weighted by atomic mass is 35.5. The molecular weight excluding hydrogens is 453 g/mol. The van der Waals surface area contributed by atoms with E-state index in [1.807, 2.05) is 43.5 Å². The van der Waals surface area contributed by atoms with Crippen molar-refractivity contribution in [3.05, 3.63) is 36.5 Å². The highest BCUT2D eigenvalue weighted by Crippen LogP contribution is 2.43. The number of methoxy groups -OCH3 is 4. The third-order valence-electron chi connectivity index (χ3n) is 5.05. The van der Waals surface area contributed by atoms with Gasteiger partial charge in [0.2, 0.25) is 0 Å². The lowest BCUT2D eigenvalue weighted by Gasteiger charge is -2.16. The number of hydrogen-bond acceptors (Lipinski definition) is 6. The Balaban J connectivity index is 0.000000913. The average molecular weight is 478 g/mol. The first kappa shape index (κ1) is 23.8. The molecule has 0 saturated carbocycles. The molecule has 0 amide bonds. The van der Waals surface area contributed by atoms with Gasteiger partial charge in [0, 0.05) is 27.7 Å². The topological polar surface area (TPSA) is 59.0 Å². The summed E-state index contributed by atoms with van der Waals surface area (Å²) >= 11 is 9.53. The van der Waals surface area contributed by atoms with E-state index in [4.69, 9.17) is 51.9 Å². The number of halogens is 2. The Morgan fingerprint density at radius 3 is 1.62 bits per heavy atom. The lowest BCUT2D eigenvalue weighted by molar-refractivity contribution is 0.343. The van der Waals surface area contributed by atoms with Gasteiger partial charge in [-0.05, 0) is 42.6 Å². The van der Waals surface area contributed by atoms with Crippen molar-refractivity contribution < 1.29 is 23.7 Å². The quantitative estimate of drug-likeness (QED) is 0.236. The van der Waals surface area contributed by atoms with Crippen LogP contribution in [0.4, 0.5) is 0 Å². The predicted octanol–water partition coefficient (Wildman–Crippen LogP) is 6.40. The van der Waals surface area contributed by atoms with Crippen LogP contribution in [0.5, 0.6) is 28.7 Å². The van der Waals surface area contributed by atoms with E-state index in [2.05, 4.69) is 0 Å². The Kier molecular flexibility index (Phi) is 7.94. The Morgan fingerprint density at radius 2 is 1.09 bits per heavy atom.